The summed E-state index contributed by atoms with van der Waals surface area (Å²) in [5.41, 5.74) is 2.67. The van der Waals surface area contributed by atoms with Gasteiger partial charge in [-0.25, -0.2) is 9.48 Å². The maximum absolute atomic E-state index is 11.8. The lowest BCUT2D eigenvalue weighted by Crippen LogP contribution is -2.42. The number of rotatable bonds is 3. The summed E-state index contributed by atoms with van der Waals surface area (Å²) in [4.78, 5) is 11.8. The highest BCUT2D eigenvalue weighted by molar-refractivity contribution is 14.1. The zero-order chi connectivity index (χ0) is 14.7. The van der Waals surface area contributed by atoms with E-state index in [2.05, 4.69) is 33.8 Å². The molecule has 0 aliphatic rings. The summed E-state index contributed by atoms with van der Waals surface area (Å²) in [6.45, 7) is 2.38. The van der Waals surface area contributed by atoms with Gasteiger partial charge < -0.3 is 4.74 Å². The first-order valence-electron chi connectivity index (χ1n) is 6.42. The maximum atomic E-state index is 11.8. The molecule has 0 N–H and O–H groups in total. The van der Waals surface area contributed by atoms with E-state index in [4.69, 9.17) is 4.74 Å². The van der Waals surface area contributed by atoms with E-state index in [0.717, 1.165) is 22.5 Å². The quantitative estimate of drug-likeness (QED) is 0.490. The summed E-state index contributed by atoms with van der Waals surface area (Å²) < 4.78 is 13.5. The van der Waals surface area contributed by atoms with Crippen LogP contribution in [0.25, 0.3) is 5.52 Å². The summed E-state index contributed by atoms with van der Waals surface area (Å²) >= 11 is 2.27. The number of nitrogens with zero attached hydrogens (tertiary/aromatic N) is 5. The fourth-order valence-electron chi connectivity index (χ4n) is 2.54. The van der Waals surface area contributed by atoms with Gasteiger partial charge in [-0.1, -0.05) is 4.74 Å². The van der Waals surface area contributed by atoms with E-state index in [1.54, 1.807) is 27.1 Å². The van der Waals surface area contributed by atoms with Crippen molar-refractivity contribution in [1.82, 2.24) is 23.7 Å². The molecule has 0 atom stereocenters. The van der Waals surface area contributed by atoms with Gasteiger partial charge in [-0.2, -0.15) is 9.61 Å². The molecular weight excluding hydrogens is 385 g/mol. The van der Waals surface area contributed by atoms with E-state index in [-0.39, 0.29) is 5.69 Å². The van der Waals surface area contributed by atoms with Gasteiger partial charge in [0.2, 0.25) is 0 Å². The van der Waals surface area contributed by atoms with Crippen LogP contribution in [0.3, 0.4) is 0 Å². The highest BCUT2D eigenvalue weighted by atomic mass is 127. The lowest BCUT2D eigenvalue weighted by Gasteiger charge is -2.10. The first kappa shape index (κ1) is 12.7. The molecule has 0 aliphatic heterocycles. The molecule has 4 rings (SSSR count). The fourth-order valence-corrected chi connectivity index (χ4v) is 3.18. The zero-order valence-electron chi connectivity index (χ0n) is 11.4. The van der Waals surface area contributed by atoms with E-state index in [0.29, 0.717) is 6.61 Å². The average Bonchev–Trinajstić information content (AvgIpc) is 2.98. The van der Waals surface area contributed by atoms with Crippen molar-refractivity contribution in [1.29, 1.82) is 0 Å². The van der Waals surface area contributed by atoms with Crippen LogP contribution in [-0.4, -0.2) is 23.7 Å². The zero-order valence-corrected chi connectivity index (χ0v) is 13.6. The molecule has 0 saturated heterocycles. The minimum atomic E-state index is -0.0680. The highest BCUT2D eigenvalue weighted by Gasteiger charge is 2.22. The lowest BCUT2D eigenvalue weighted by atomic mass is 10.2. The van der Waals surface area contributed by atoms with Gasteiger partial charge in [0, 0.05) is 10.6 Å². The van der Waals surface area contributed by atoms with Crippen molar-refractivity contribution in [2.45, 2.75) is 13.5 Å². The first-order chi connectivity index (χ1) is 10.1. The molecule has 3 heterocycles. The Morgan fingerprint density at radius 2 is 2.19 bits per heavy atom. The molecule has 0 amide bonds. The molecule has 1 aromatic carbocycles. The fraction of sp³-hybridized carbons (Fsp3) is 0.231. The molecule has 0 spiro atoms. The molecule has 0 radical (unpaired) electrons. The molecule has 0 unspecified atom stereocenters. The third kappa shape index (κ3) is 1.65. The van der Waals surface area contributed by atoms with Crippen LogP contribution in [0, 0.1) is 10.5 Å². The Hall–Kier alpha value is -1.97. The van der Waals surface area contributed by atoms with Crippen molar-refractivity contribution in [2.75, 3.05) is 0 Å². The Kier molecular flexibility index (Phi) is 2.59. The van der Waals surface area contributed by atoms with E-state index in [9.17, 15) is 4.79 Å². The molecule has 0 saturated carbocycles. The minimum absolute atomic E-state index is 0.0680. The Balaban J connectivity index is 1.70. The molecular formula is C13H12IN5O2. The second-order valence-corrected chi connectivity index (χ2v) is 6.20. The van der Waals surface area contributed by atoms with Crippen LogP contribution < -0.4 is 10.4 Å². The molecule has 2 bridgehead atoms. The number of hydrogen-bond acceptors (Lipinski definition) is 3. The van der Waals surface area contributed by atoms with Crippen LogP contribution in [-0.2, 0) is 13.7 Å². The number of aryl methyl sites for hydroxylation is 2. The van der Waals surface area contributed by atoms with Crippen molar-refractivity contribution < 1.29 is 4.74 Å². The summed E-state index contributed by atoms with van der Waals surface area (Å²) in [5, 5.41) is 4.25. The molecule has 3 aromatic heterocycles. The Bertz CT molecular complexity index is 1010. The molecule has 4 aromatic rings. The largest absolute Gasteiger partial charge is 0.487 e. The third-order valence-corrected chi connectivity index (χ3v) is 4.30. The van der Waals surface area contributed by atoms with Gasteiger partial charge >= 0.3 is 5.69 Å². The molecule has 8 heteroatoms. The average molecular weight is 397 g/mol. The number of ether oxygens (including phenoxy) is 1. The molecule has 0 aliphatic carbocycles. The number of aromatic nitrogens is 5. The van der Waals surface area contributed by atoms with Crippen LogP contribution in [0.5, 0.6) is 5.75 Å². The van der Waals surface area contributed by atoms with Crippen LogP contribution in [0.1, 0.15) is 11.3 Å². The van der Waals surface area contributed by atoms with Crippen molar-refractivity contribution >= 4 is 28.1 Å². The monoisotopic (exact) mass is 397 g/mol. The standard InChI is InChI=1S/C13H12IN5O2/c1-8-5-9(14)3-4-12(8)21-7-11-10-6-15-18(11)19-16(2)13(20)17(10)19/h3-6H,7H2,1-2H3. The van der Waals surface area contributed by atoms with E-state index >= 15 is 0 Å². The van der Waals surface area contributed by atoms with Crippen LogP contribution >= 0.6 is 22.6 Å². The number of benzene rings is 1. The number of hydrogen-bond donors (Lipinski definition) is 0. The van der Waals surface area contributed by atoms with Crippen molar-refractivity contribution in [3.63, 3.8) is 0 Å². The van der Waals surface area contributed by atoms with Gasteiger partial charge in [-0.15, -0.1) is 4.63 Å². The van der Waals surface area contributed by atoms with Gasteiger partial charge in [0.15, 0.2) is 0 Å². The van der Waals surface area contributed by atoms with Crippen molar-refractivity contribution in [3.05, 3.63) is 49.7 Å². The van der Waals surface area contributed by atoms with Crippen LogP contribution in [0.2, 0.25) is 0 Å². The van der Waals surface area contributed by atoms with Gasteiger partial charge in [-0.3, -0.25) is 0 Å². The summed E-state index contributed by atoms with van der Waals surface area (Å²) in [7, 11) is 1.71. The van der Waals surface area contributed by atoms with Gasteiger partial charge in [0.25, 0.3) is 0 Å². The maximum Gasteiger partial charge on any atom is 0.368 e. The molecule has 108 valence electrons. The minimum Gasteiger partial charge on any atom is -0.487 e. The highest BCUT2D eigenvalue weighted by Crippen LogP contribution is 2.22. The van der Waals surface area contributed by atoms with Crippen LogP contribution in [0.15, 0.2) is 29.2 Å². The summed E-state index contributed by atoms with van der Waals surface area (Å²) in [6.07, 6.45) is 1.68. The van der Waals surface area contributed by atoms with Gasteiger partial charge in [-0.05, 0) is 53.3 Å². The normalized spacial score (nSPS) is 12.0. The first-order valence-corrected chi connectivity index (χ1v) is 7.49. The van der Waals surface area contributed by atoms with E-state index < -0.39 is 0 Å². The van der Waals surface area contributed by atoms with Crippen molar-refractivity contribution in [3.8, 4) is 5.75 Å². The Morgan fingerprint density at radius 3 is 2.90 bits per heavy atom. The summed E-state index contributed by atoms with van der Waals surface area (Å²) in [5.74, 6) is 0.841. The van der Waals surface area contributed by atoms with E-state index in [1.165, 1.54) is 8.25 Å². The molecule has 21 heavy (non-hydrogen) atoms. The second kappa shape index (κ2) is 4.26. The van der Waals surface area contributed by atoms with E-state index in [1.807, 2.05) is 19.1 Å². The Morgan fingerprint density at radius 1 is 1.38 bits per heavy atom. The molecule has 0 fully saturated rings. The third-order valence-electron chi connectivity index (χ3n) is 3.63. The Labute approximate surface area is 132 Å². The smallest absolute Gasteiger partial charge is 0.368 e. The molecule has 7 nitrogen and oxygen atoms in total. The SMILES string of the molecule is Cc1cc(I)ccc1OCc1c2cnn1n1n(C)c(=O)n21. The van der Waals surface area contributed by atoms with Gasteiger partial charge in [0.05, 0.1) is 6.20 Å². The van der Waals surface area contributed by atoms with Crippen molar-refractivity contribution in [2.24, 2.45) is 7.05 Å². The predicted molar refractivity (Wildman–Crippen MR) is 84.3 cm³/mol. The van der Waals surface area contributed by atoms with Crippen LogP contribution in [0.4, 0.5) is 0 Å². The topological polar surface area (TPSA) is 57.4 Å². The second-order valence-electron chi connectivity index (χ2n) is 4.95. The summed E-state index contributed by atoms with van der Waals surface area (Å²) in [6, 6.07) is 6.04. The lowest BCUT2D eigenvalue weighted by molar-refractivity contribution is 0.285. The predicted octanol–water partition coefficient (Wildman–Crippen LogP) is 1.32. The number of fused-ring (bicyclic) bond motifs is 5. The number of halogens is 1. The van der Waals surface area contributed by atoms with Gasteiger partial charge in [0.1, 0.15) is 23.6 Å².